The van der Waals surface area contributed by atoms with Gasteiger partial charge < -0.3 is 10.2 Å². The fraction of sp³-hybridized carbons (Fsp3) is 0.750. The Bertz CT molecular complexity index is 443. The van der Waals surface area contributed by atoms with E-state index in [0.29, 0.717) is 24.9 Å². The van der Waals surface area contributed by atoms with Gasteiger partial charge in [-0.2, -0.15) is 5.10 Å². The SMILES string of the molecule is Cn1ncnc1CN1C(=O)CCC2CNCCC21. The van der Waals surface area contributed by atoms with Crippen LogP contribution in [0.4, 0.5) is 0 Å². The maximum absolute atomic E-state index is 12.1. The van der Waals surface area contributed by atoms with E-state index in [1.54, 1.807) is 11.0 Å². The van der Waals surface area contributed by atoms with Crippen molar-refractivity contribution in [2.24, 2.45) is 13.0 Å². The van der Waals surface area contributed by atoms with Crippen molar-refractivity contribution in [1.82, 2.24) is 25.0 Å². The van der Waals surface area contributed by atoms with Crippen LogP contribution in [-0.2, 0) is 18.4 Å². The topological polar surface area (TPSA) is 63.1 Å². The van der Waals surface area contributed by atoms with Gasteiger partial charge in [0.2, 0.25) is 5.91 Å². The molecule has 18 heavy (non-hydrogen) atoms. The van der Waals surface area contributed by atoms with Crippen LogP contribution >= 0.6 is 0 Å². The summed E-state index contributed by atoms with van der Waals surface area (Å²) in [5.74, 6) is 1.73. The number of piperidine rings is 2. The van der Waals surface area contributed by atoms with Crippen molar-refractivity contribution in [3.63, 3.8) is 0 Å². The van der Waals surface area contributed by atoms with E-state index < -0.39 is 0 Å². The van der Waals surface area contributed by atoms with Crippen molar-refractivity contribution in [2.75, 3.05) is 13.1 Å². The third-order valence-electron chi connectivity index (χ3n) is 4.13. The molecule has 6 heteroatoms. The molecule has 2 fully saturated rings. The Morgan fingerprint density at radius 3 is 3.17 bits per heavy atom. The lowest BCUT2D eigenvalue weighted by molar-refractivity contribution is -0.140. The van der Waals surface area contributed by atoms with E-state index in [4.69, 9.17) is 0 Å². The summed E-state index contributed by atoms with van der Waals surface area (Å²) in [5.41, 5.74) is 0. The number of fused-ring (bicyclic) bond motifs is 1. The zero-order valence-corrected chi connectivity index (χ0v) is 10.7. The molecule has 2 atom stereocenters. The fourth-order valence-electron chi connectivity index (χ4n) is 3.07. The smallest absolute Gasteiger partial charge is 0.223 e. The van der Waals surface area contributed by atoms with Crippen molar-refractivity contribution in [3.8, 4) is 0 Å². The summed E-state index contributed by atoms with van der Waals surface area (Å²) in [4.78, 5) is 18.4. The quantitative estimate of drug-likeness (QED) is 0.796. The summed E-state index contributed by atoms with van der Waals surface area (Å²) >= 11 is 0. The minimum atomic E-state index is 0.265. The summed E-state index contributed by atoms with van der Waals surface area (Å²) in [7, 11) is 1.87. The Kier molecular flexibility index (Phi) is 3.03. The fourth-order valence-corrected chi connectivity index (χ4v) is 3.07. The zero-order chi connectivity index (χ0) is 12.5. The van der Waals surface area contributed by atoms with Crippen LogP contribution in [0.5, 0.6) is 0 Å². The first kappa shape index (κ1) is 11.6. The molecule has 0 radical (unpaired) electrons. The van der Waals surface area contributed by atoms with E-state index in [0.717, 1.165) is 31.8 Å². The summed E-state index contributed by atoms with van der Waals surface area (Å²) in [6, 6.07) is 0.379. The standard InChI is InChI=1S/C12H19N5O/c1-16-11(14-8-15-16)7-17-10-4-5-13-6-9(10)2-3-12(17)18/h8-10,13H,2-7H2,1H3. The number of likely N-dealkylation sites (tertiary alicyclic amines) is 1. The maximum atomic E-state index is 12.1. The van der Waals surface area contributed by atoms with E-state index in [1.165, 1.54) is 0 Å². The normalized spacial score (nSPS) is 28.3. The van der Waals surface area contributed by atoms with Crippen molar-refractivity contribution < 1.29 is 4.79 Å². The number of nitrogens with zero attached hydrogens (tertiary/aromatic N) is 4. The Morgan fingerprint density at radius 2 is 2.39 bits per heavy atom. The van der Waals surface area contributed by atoms with E-state index >= 15 is 0 Å². The van der Waals surface area contributed by atoms with Gasteiger partial charge in [-0.1, -0.05) is 0 Å². The molecule has 3 heterocycles. The number of hydrogen-bond donors (Lipinski definition) is 1. The molecule has 98 valence electrons. The molecule has 0 saturated carbocycles. The first-order chi connectivity index (χ1) is 8.75. The van der Waals surface area contributed by atoms with Crippen LogP contribution in [0.15, 0.2) is 6.33 Å². The van der Waals surface area contributed by atoms with Crippen LogP contribution in [0.1, 0.15) is 25.1 Å². The van der Waals surface area contributed by atoms with Gasteiger partial charge in [0.15, 0.2) is 0 Å². The number of aryl methyl sites for hydroxylation is 1. The lowest BCUT2D eigenvalue weighted by atomic mass is 9.84. The van der Waals surface area contributed by atoms with E-state index in [9.17, 15) is 4.79 Å². The molecule has 2 unspecified atom stereocenters. The number of carbonyl (C=O) groups is 1. The molecular weight excluding hydrogens is 230 g/mol. The van der Waals surface area contributed by atoms with Crippen LogP contribution in [0, 0.1) is 5.92 Å². The predicted molar refractivity (Wildman–Crippen MR) is 65.6 cm³/mol. The molecule has 1 aromatic heterocycles. The molecule has 2 saturated heterocycles. The number of rotatable bonds is 2. The molecule has 6 nitrogen and oxygen atoms in total. The minimum absolute atomic E-state index is 0.265. The summed E-state index contributed by atoms with van der Waals surface area (Å²) in [6.07, 6.45) is 4.28. The van der Waals surface area contributed by atoms with Crippen molar-refractivity contribution in [3.05, 3.63) is 12.2 Å². The molecule has 1 N–H and O–H groups in total. The highest BCUT2D eigenvalue weighted by Gasteiger charge is 2.37. The highest BCUT2D eigenvalue weighted by atomic mass is 16.2. The number of hydrogen-bond acceptors (Lipinski definition) is 4. The molecule has 2 aliphatic heterocycles. The molecular formula is C12H19N5O. The largest absolute Gasteiger partial charge is 0.332 e. The average Bonchev–Trinajstić information content (AvgIpc) is 2.79. The predicted octanol–water partition coefficient (Wildman–Crippen LogP) is -0.0844. The first-order valence-electron chi connectivity index (χ1n) is 6.59. The summed E-state index contributed by atoms with van der Waals surface area (Å²) in [5, 5.41) is 7.48. The summed E-state index contributed by atoms with van der Waals surface area (Å²) in [6.45, 7) is 2.63. The van der Waals surface area contributed by atoms with Gasteiger partial charge in [-0.15, -0.1) is 0 Å². The molecule has 1 amide bonds. The molecule has 0 aliphatic carbocycles. The van der Waals surface area contributed by atoms with Crippen LogP contribution in [-0.4, -0.2) is 44.7 Å². The zero-order valence-electron chi connectivity index (χ0n) is 10.7. The number of nitrogens with one attached hydrogen (secondary N) is 1. The second kappa shape index (κ2) is 4.68. The molecule has 3 rings (SSSR count). The van der Waals surface area contributed by atoms with Crippen LogP contribution < -0.4 is 5.32 Å². The molecule has 0 spiro atoms. The van der Waals surface area contributed by atoms with Crippen molar-refractivity contribution in [1.29, 1.82) is 0 Å². The Labute approximate surface area is 106 Å². The number of aromatic nitrogens is 3. The molecule has 2 aliphatic rings. The first-order valence-corrected chi connectivity index (χ1v) is 6.59. The van der Waals surface area contributed by atoms with Gasteiger partial charge in [0.05, 0.1) is 6.54 Å². The second-order valence-corrected chi connectivity index (χ2v) is 5.18. The highest BCUT2D eigenvalue weighted by molar-refractivity contribution is 5.77. The van der Waals surface area contributed by atoms with Crippen molar-refractivity contribution >= 4 is 5.91 Å². The van der Waals surface area contributed by atoms with Crippen LogP contribution in [0.3, 0.4) is 0 Å². The third kappa shape index (κ3) is 2.01. The van der Waals surface area contributed by atoms with Gasteiger partial charge in [-0.25, -0.2) is 4.98 Å². The molecule has 0 bridgehead atoms. The Morgan fingerprint density at radius 1 is 1.50 bits per heavy atom. The monoisotopic (exact) mass is 249 g/mol. The maximum Gasteiger partial charge on any atom is 0.223 e. The highest BCUT2D eigenvalue weighted by Crippen LogP contribution is 2.29. The second-order valence-electron chi connectivity index (χ2n) is 5.18. The Hall–Kier alpha value is -1.43. The van der Waals surface area contributed by atoms with Gasteiger partial charge in [0, 0.05) is 19.5 Å². The van der Waals surface area contributed by atoms with Gasteiger partial charge in [-0.05, 0) is 31.8 Å². The lowest BCUT2D eigenvalue weighted by Crippen LogP contribution is -2.54. The summed E-state index contributed by atoms with van der Waals surface area (Å²) < 4.78 is 1.75. The van der Waals surface area contributed by atoms with E-state index in [-0.39, 0.29) is 5.91 Å². The van der Waals surface area contributed by atoms with Gasteiger partial charge in [0.1, 0.15) is 12.2 Å². The van der Waals surface area contributed by atoms with Crippen LogP contribution in [0.25, 0.3) is 0 Å². The minimum Gasteiger partial charge on any atom is -0.332 e. The third-order valence-corrected chi connectivity index (χ3v) is 4.13. The lowest BCUT2D eigenvalue weighted by Gasteiger charge is -2.43. The van der Waals surface area contributed by atoms with Gasteiger partial charge >= 0.3 is 0 Å². The van der Waals surface area contributed by atoms with Crippen LogP contribution in [0.2, 0.25) is 0 Å². The number of amides is 1. The number of carbonyl (C=O) groups excluding carboxylic acids is 1. The van der Waals surface area contributed by atoms with E-state index in [2.05, 4.69) is 15.4 Å². The molecule has 1 aromatic rings. The van der Waals surface area contributed by atoms with E-state index in [1.807, 2.05) is 11.9 Å². The average molecular weight is 249 g/mol. The Balaban J connectivity index is 1.79. The van der Waals surface area contributed by atoms with Gasteiger partial charge in [0.25, 0.3) is 0 Å². The molecule has 0 aromatic carbocycles. The van der Waals surface area contributed by atoms with Gasteiger partial charge in [-0.3, -0.25) is 9.48 Å². The van der Waals surface area contributed by atoms with Crippen molar-refractivity contribution in [2.45, 2.75) is 31.8 Å².